The van der Waals surface area contributed by atoms with Gasteiger partial charge in [-0.15, -0.1) is 0 Å². The van der Waals surface area contributed by atoms with Crippen molar-refractivity contribution in [3.63, 3.8) is 0 Å². The van der Waals surface area contributed by atoms with Crippen molar-refractivity contribution in [3.05, 3.63) is 59.2 Å². The molecule has 1 aliphatic carbocycles. The maximum Gasteiger partial charge on any atom is 0.246 e. The first-order chi connectivity index (χ1) is 14.0. The zero-order valence-electron chi connectivity index (χ0n) is 16.4. The van der Waals surface area contributed by atoms with Crippen LogP contribution >= 0.6 is 0 Å². The van der Waals surface area contributed by atoms with E-state index in [2.05, 4.69) is 16.4 Å². The van der Waals surface area contributed by atoms with Gasteiger partial charge in [0.15, 0.2) is 0 Å². The van der Waals surface area contributed by atoms with Crippen LogP contribution in [0.2, 0.25) is 0 Å². The van der Waals surface area contributed by atoms with Crippen LogP contribution in [0.25, 0.3) is 11.6 Å². The van der Waals surface area contributed by atoms with Crippen LogP contribution in [0.1, 0.15) is 35.5 Å². The summed E-state index contributed by atoms with van der Waals surface area (Å²) in [4.78, 5) is 30.3. The van der Waals surface area contributed by atoms with Gasteiger partial charge in [0.1, 0.15) is 17.3 Å². The van der Waals surface area contributed by atoms with Gasteiger partial charge in [-0.05, 0) is 72.6 Å². The molecule has 0 aromatic carbocycles. The summed E-state index contributed by atoms with van der Waals surface area (Å²) in [5.74, 6) is 3.44. The summed E-state index contributed by atoms with van der Waals surface area (Å²) < 4.78 is 5.75. The van der Waals surface area contributed by atoms with Gasteiger partial charge >= 0.3 is 0 Å². The second kappa shape index (κ2) is 7.03. The summed E-state index contributed by atoms with van der Waals surface area (Å²) in [6.45, 7) is 3.49. The van der Waals surface area contributed by atoms with Gasteiger partial charge in [0, 0.05) is 31.8 Å². The molecule has 2 amide bonds. The van der Waals surface area contributed by atoms with Gasteiger partial charge < -0.3 is 14.6 Å². The number of hydrogen-bond donors (Lipinski definition) is 1. The van der Waals surface area contributed by atoms with E-state index in [1.54, 1.807) is 12.3 Å². The smallest absolute Gasteiger partial charge is 0.246 e. The van der Waals surface area contributed by atoms with Crippen LogP contribution in [-0.2, 0) is 16.0 Å². The first kappa shape index (κ1) is 17.9. The third kappa shape index (κ3) is 3.50. The lowest BCUT2D eigenvalue weighted by Gasteiger charge is -2.16. The quantitative estimate of drug-likeness (QED) is 0.816. The largest absolute Gasteiger partial charge is 0.462 e. The number of hydrogen-bond acceptors (Lipinski definition) is 4. The van der Waals surface area contributed by atoms with Crippen molar-refractivity contribution < 1.29 is 14.0 Å². The van der Waals surface area contributed by atoms with Gasteiger partial charge in [0.2, 0.25) is 11.8 Å². The van der Waals surface area contributed by atoms with E-state index in [9.17, 15) is 9.59 Å². The van der Waals surface area contributed by atoms with Gasteiger partial charge in [0.25, 0.3) is 0 Å². The number of allylic oxidation sites excluding steroid dienone is 1. The minimum absolute atomic E-state index is 0.00226. The van der Waals surface area contributed by atoms with Crippen molar-refractivity contribution in [1.82, 2.24) is 9.88 Å². The maximum absolute atomic E-state index is 12.7. The fraction of sp³-hybridized carbons (Fsp3) is 0.348. The highest BCUT2D eigenvalue weighted by Crippen LogP contribution is 2.41. The van der Waals surface area contributed by atoms with E-state index >= 15 is 0 Å². The molecule has 29 heavy (non-hydrogen) atoms. The SMILES string of the molecule is Cc1ccc(C2=CC3CN(C(=O)C=Cc4cnc5c(c4)CCC(=O)N5)CC3C2)o1. The van der Waals surface area contributed by atoms with Crippen LogP contribution in [0.5, 0.6) is 0 Å². The monoisotopic (exact) mass is 389 g/mol. The number of aromatic nitrogens is 1. The minimum Gasteiger partial charge on any atom is -0.462 e. The molecule has 2 aliphatic heterocycles. The Hall–Kier alpha value is -3.15. The van der Waals surface area contributed by atoms with E-state index in [-0.39, 0.29) is 11.8 Å². The first-order valence-corrected chi connectivity index (χ1v) is 10.1. The summed E-state index contributed by atoms with van der Waals surface area (Å²) in [6, 6.07) is 6.02. The van der Waals surface area contributed by atoms with Crippen molar-refractivity contribution in [3.8, 4) is 0 Å². The summed E-state index contributed by atoms with van der Waals surface area (Å²) in [6.07, 6.45) is 9.54. The Kier molecular flexibility index (Phi) is 4.34. The van der Waals surface area contributed by atoms with Gasteiger partial charge in [-0.3, -0.25) is 9.59 Å². The number of rotatable bonds is 3. The lowest BCUT2D eigenvalue weighted by molar-refractivity contribution is -0.125. The summed E-state index contributed by atoms with van der Waals surface area (Å²) in [5, 5.41) is 2.77. The number of fused-ring (bicyclic) bond motifs is 2. The lowest BCUT2D eigenvalue weighted by Crippen LogP contribution is -2.27. The van der Waals surface area contributed by atoms with Gasteiger partial charge in [-0.25, -0.2) is 4.98 Å². The highest BCUT2D eigenvalue weighted by atomic mass is 16.3. The van der Waals surface area contributed by atoms with Crippen LogP contribution < -0.4 is 5.32 Å². The van der Waals surface area contributed by atoms with E-state index in [0.29, 0.717) is 30.5 Å². The minimum atomic E-state index is 0.00226. The van der Waals surface area contributed by atoms with E-state index in [1.807, 2.05) is 36.1 Å². The highest BCUT2D eigenvalue weighted by Gasteiger charge is 2.38. The number of nitrogens with zero attached hydrogens (tertiary/aromatic N) is 2. The zero-order chi connectivity index (χ0) is 20.0. The maximum atomic E-state index is 12.7. The topological polar surface area (TPSA) is 75.4 Å². The molecule has 1 N–H and O–H groups in total. The van der Waals surface area contributed by atoms with Crippen molar-refractivity contribution in [1.29, 1.82) is 0 Å². The Morgan fingerprint density at radius 3 is 3.00 bits per heavy atom. The molecule has 0 spiro atoms. The molecular weight excluding hydrogens is 366 g/mol. The molecule has 148 valence electrons. The number of aryl methyl sites for hydroxylation is 2. The Morgan fingerprint density at radius 2 is 2.21 bits per heavy atom. The first-order valence-electron chi connectivity index (χ1n) is 10.1. The molecule has 2 atom stereocenters. The van der Waals surface area contributed by atoms with Gasteiger partial charge in [-0.1, -0.05) is 6.08 Å². The number of anilines is 1. The van der Waals surface area contributed by atoms with Crippen LogP contribution in [0.4, 0.5) is 5.82 Å². The third-order valence-corrected chi connectivity index (χ3v) is 6.04. The van der Waals surface area contributed by atoms with E-state index in [0.717, 1.165) is 42.2 Å². The molecule has 5 rings (SSSR count). The summed E-state index contributed by atoms with van der Waals surface area (Å²) in [7, 11) is 0. The second-order valence-electron chi connectivity index (χ2n) is 8.13. The van der Waals surface area contributed by atoms with Crippen LogP contribution in [0.15, 0.2) is 41.0 Å². The molecule has 0 bridgehead atoms. The van der Waals surface area contributed by atoms with Crippen LogP contribution in [0.3, 0.4) is 0 Å². The standard InChI is InChI=1S/C23H23N3O3/c1-14-2-5-20(29-14)17-9-18-12-26(13-19(18)10-17)22(28)7-3-15-8-16-4-6-21(27)25-23(16)24-11-15/h2-3,5,7-9,11,18-19H,4,6,10,12-13H2,1H3,(H,24,25,27). The lowest BCUT2D eigenvalue weighted by atomic mass is 9.99. The average molecular weight is 389 g/mol. The predicted molar refractivity (Wildman–Crippen MR) is 110 cm³/mol. The number of furan rings is 1. The van der Waals surface area contributed by atoms with Crippen LogP contribution in [-0.4, -0.2) is 34.8 Å². The number of likely N-dealkylation sites (tertiary alicyclic amines) is 1. The fourth-order valence-electron chi connectivity index (χ4n) is 4.52. The van der Waals surface area contributed by atoms with E-state index in [1.165, 1.54) is 5.57 Å². The molecule has 1 fully saturated rings. The molecule has 6 heteroatoms. The number of amides is 2. The molecule has 2 unspecified atom stereocenters. The number of pyridine rings is 1. The molecule has 0 saturated carbocycles. The molecule has 2 aromatic rings. The van der Waals surface area contributed by atoms with Crippen LogP contribution in [0, 0.1) is 18.8 Å². The third-order valence-electron chi connectivity index (χ3n) is 6.04. The Morgan fingerprint density at radius 1 is 1.31 bits per heavy atom. The molecule has 2 aromatic heterocycles. The number of nitrogens with one attached hydrogen (secondary N) is 1. The number of carbonyl (C=O) groups is 2. The molecule has 6 nitrogen and oxygen atoms in total. The van der Waals surface area contributed by atoms with Gasteiger partial charge in [0.05, 0.1) is 0 Å². The Labute approximate surface area is 169 Å². The number of carbonyl (C=O) groups excluding carboxylic acids is 2. The molecule has 4 heterocycles. The normalized spacial score (nSPS) is 23.1. The van der Waals surface area contributed by atoms with Crippen molar-refractivity contribution >= 4 is 29.3 Å². The summed E-state index contributed by atoms with van der Waals surface area (Å²) >= 11 is 0. The summed E-state index contributed by atoms with van der Waals surface area (Å²) in [5.41, 5.74) is 3.16. The Balaban J connectivity index is 1.23. The fourth-order valence-corrected chi connectivity index (χ4v) is 4.52. The molecular formula is C23H23N3O3. The average Bonchev–Trinajstić information content (AvgIpc) is 3.40. The second-order valence-corrected chi connectivity index (χ2v) is 8.13. The van der Waals surface area contributed by atoms with Crippen molar-refractivity contribution in [2.24, 2.45) is 11.8 Å². The zero-order valence-corrected chi connectivity index (χ0v) is 16.4. The molecule has 0 radical (unpaired) electrons. The van der Waals surface area contributed by atoms with Crippen molar-refractivity contribution in [2.45, 2.75) is 26.2 Å². The van der Waals surface area contributed by atoms with E-state index < -0.39 is 0 Å². The van der Waals surface area contributed by atoms with Gasteiger partial charge in [-0.2, -0.15) is 0 Å². The predicted octanol–water partition coefficient (Wildman–Crippen LogP) is 3.44. The highest BCUT2D eigenvalue weighted by molar-refractivity contribution is 5.94. The van der Waals surface area contributed by atoms with E-state index in [4.69, 9.17) is 4.42 Å². The van der Waals surface area contributed by atoms with Crippen molar-refractivity contribution in [2.75, 3.05) is 18.4 Å². The molecule has 1 saturated heterocycles. The Bertz CT molecular complexity index is 1050. The molecule has 3 aliphatic rings.